The SMILES string of the molecule is CN=C(NCC1CCCN1C)N1CCC(COCCOC)C1.I. The van der Waals surface area contributed by atoms with Crippen LogP contribution in [-0.2, 0) is 9.47 Å². The van der Waals surface area contributed by atoms with Crippen LogP contribution in [0.25, 0.3) is 0 Å². The minimum Gasteiger partial charge on any atom is -0.382 e. The van der Waals surface area contributed by atoms with Gasteiger partial charge in [0.05, 0.1) is 19.8 Å². The third-order valence-electron chi connectivity index (χ3n) is 4.75. The van der Waals surface area contributed by atoms with Crippen molar-refractivity contribution >= 4 is 29.9 Å². The Hall–Kier alpha value is -0.120. The molecular formula is C16H33IN4O2. The van der Waals surface area contributed by atoms with E-state index in [0.717, 1.165) is 32.2 Å². The molecule has 2 saturated heterocycles. The molecule has 0 aromatic heterocycles. The Balaban J connectivity index is 0.00000264. The van der Waals surface area contributed by atoms with Crippen LogP contribution in [0.15, 0.2) is 4.99 Å². The van der Waals surface area contributed by atoms with E-state index in [2.05, 4.69) is 27.2 Å². The van der Waals surface area contributed by atoms with E-state index in [9.17, 15) is 0 Å². The number of hydrogen-bond acceptors (Lipinski definition) is 4. The zero-order chi connectivity index (χ0) is 15.8. The van der Waals surface area contributed by atoms with Crippen molar-refractivity contribution in [2.45, 2.75) is 25.3 Å². The third kappa shape index (κ3) is 6.72. The second kappa shape index (κ2) is 11.4. The number of guanidine groups is 1. The van der Waals surface area contributed by atoms with E-state index in [1.54, 1.807) is 7.11 Å². The Bertz CT molecular complexity index is 357. The van der Waals surface area contributed by atoms with E-state index >= 15 is 0 Å². The summed E-state index contributed by atoms with van der Waals surface area (Å²) < 4.78 is 10.7. The van der Waals surface area contributed by atoms with E-state index in [4.69, 9.17) is 9.47 Å². The topological polar surface area (TPSA) is 49.3 Å². The first-order valence-corrected chi connectivity index (χ1v) is 8.47. The molecule has 2 rings (SSSR count). The molecule has 0 radical (unpaired) electrons. The lowest BCUT2D eigenvalue weighted by atomic mass is 10.1. The molecule has 2 unspecified atom stereocenters. The van der Waals surface area contributed by atoms with E-state index in [-0.39, 0.29) is 24.0 Å². The van der Waals surface area contributed by atoms with Crippen LogP contribution in [0, 0.1) is 5.92 Å². The molecule has 2 atom stereocenters. The van der Waals surface area contributed by atoms with Gasteiger partial charge in [0, 0.05) is 45.8 Å². The minimum atomic E-state index is 0. The smallest absolute Gasteiger partial charge is 0.193 e. The molecule has 0 aromatic carbocycles. The first-order valence-electron chi connectivity index (χ1n) is 8.47. The van der Waals surface area contributed by atoms with Gasteiger partial charge in [-0.25, -0.2) is 0 Å². The molecule has 0 aliphatic carbocycles. The van der Waals surface area contributed by atoms with Gasteiger partial charge in [-0.15, -0.1) is 24.0 Å². The molecule has 0 amide bonds. The number of nitrogens with zero attached hydrogens (tertiary/aromatic N) is 3. The van der Waals surface area contributed by atoms with Crippen LogP contribution < -0.4 is 5.32 Å². The highest BCUT2D eigenvalue weighted by molar-refractivity contribution is 14.0. The molecule has 0 aromatic rings. The van der Waals surface area contributed by atoms with Crippen LogP contribution in [0.2, 0.25) is 0 Å². The summed E-state index contributed by atoms with van der Waals surface area (Å²) in [6, 6.07) is 0.646. The average molecular weight is 440 g/mol. The number of likely N-dealkylation sites (tertiary alicyclic amines) is 2. The van der Waals surface area contributed by atoms with Crippen LogP contribution in [0.1, 0.15) is 19.3 Å². The number of rotatable bonds is 7. The van der Waals surface area contributed by atoms with E-state index in [1.807, 2.05) is 7.05 Å². The third-order valence-corrected chi connectivity index (χ3v) is 4.75. The van der Waals surface area contributed by atoms with Crippen LogP contribution in [-0.4, -0.2) is 89.0 Å². The van der Waals surface area contributed by atoms with Gasteiger partial charge >= 0.3 is 0 Å². The van der Waals surface area contributed by atoms with Crippen molar-refractivity contribution in [1.82, 2.24) is 15.1 Å². The average Bonchev–Trinajstić information content (AvgIpc) is 3.14. The summed E-state index contributed by atoms with van der Waals surface area (Å²) in [5, 5.41) is 3.55. The first kappa shape index (κ1) is 20.9. The fraction of sp³-hybridized carbons (Fsp3) is 0.938. The van der Waals surface area contributed by atoms with E-state index in [0.29, 0.717) is 25.2 Å². The van der Waals surface area contributed by atoms with Gasteiger partial charge in [0.1, 0.15) is 0 Å². The molecule has 6 nitrogen and oxygen atoms in total. The second-order valence-electron chi connectivity index (χ2n) is 6.37. The van der Waals surface area contributed by atoms with Crippen molar-refractivity contribution in [3.8, 4) is 0 Å². The van der Waals surface area contributed by atoms with Crippen molar-refractivity contribution in [2.24, 2.45) is 10.9 Å². The van der Waals surface area contributed by atoms with Crippen molar-refractivity contribution in [3.63, 3.8) is 0 Å². The molecule has 2 fully saturated rings. The summed E-state index contributed by atoms with van der Waals surface area (Å²) in [7, 11) is 5.80. The fourth-order valence-electron chi connectivity index (χ4n) is 3.33. The largest absolute Gasteiger partial charge is 0.382 e. The normalized spacial score (nSPS) is 25.7. The highest BCUT2D eigenvalue weighted by Gasteiger charge is 2.26. The monoisotopic (exact) mass is 440 g/mol. The first-order chi connectivity index (χ1) is 10.7. The van der Waals surface area contributed by atoms with E-state index in [1.165, 1.54) is 25.8 Å². The van der Waals surface area contributed by atoms with Crippen LogP contribution in [0.4, 0.5) is 0 Å². The van der Waals surface area contributed by atoms with Gasteiger partial charge in [0.25, 0.3) is 0 Å². The molecule has 7 heteroatoms. The summed E-state index contributed by atoms with van der Waals surface area (Å²) in [6.07, 6.45) is 3.78. The van der Waals surface area contributed by atoms with Gasteiger partial charge in [-0.3, -0.25) is 4.99 Å². The lowest BCUT2D eigenvalue weighted by Crippen LogP contribution is -2.45. The highest BCUT2D eigenvalue weighted by Crippen LogP contribution is 2.17. The number of aliphatic imine (C=N–C) groups is 1. The summed E-state index contributed by atoms with van der Waals surface area (Å²) in [4.78, 5) is 9.25. The summed E-state index contributed by atoms with van der Waals surface area (Å²) in [6.45, 7) is 6.50. The molecule has 2 heterocycles. The number of ether oxygens (including phenoxy) is 2. The second-order valence-corrected chi connectivity index (χ2v) is 6.37. The van der Waals surface area contributed by atoms with Gasteiger partial charge in [-0.1, -0.05) is 0 Å². The lowest BCUT2D eigenvalue weighted by molar-refractivity contribution is 0.0536. The van der Waals surface area contributed by atoms with Crippen LogP contribution >= 0.6 is 24.0 Å². The molecule has 0 spiro atoms. The number of likely N-dealkylation sites (N-methyl/N-ethyl adjacent to an activating group) is 1. The Morgan fingerprint density at radius 2 is 2.09 bits per heavy atom. The maximum absolute atomic E-state index is 5.66. The predicted molar refractivity (Wildman–Crippen MR) is 105 cm³/mol. The molecule has 0 saturated carbocycles. The van der Waals surface area contributed by atoms with Gasteiger partial charge < -0.3 is 24.6 Å². The zero-order valence-electron chi connectivity index (χ0n) is 14.8. The fourth-order valence-corrected chi connectivity index (χ4v) is 3.33. The standard InChI is InChI=1S/C16H32N4O2.HI/c1-17-16(18-11-15-5-4-7-19(15)2)20-8-6-14(12-20)13-22-10-9-21-3;/h14-15H,4-13H2,1-3H3,(H,17,18);1H. The zero-order valence-corrected chi connectivity index (χ0v) is 17.1. The Morgan fingerprint density at radius 3 is 2.74 bits per heavy atom. The number of methoxy groups -OCH3 is 1. The summed E-state index contributed by atoms with van der Waals surface area (Å²) >= 11 is 0. The highest BCUT2D eigenvalue weighted by atomic mass is 127. The molecular weight excluding hydrogens is 407 g/mol. The maximum atomic E-state index is 5.66. The van der Waals surface area contributed by atoms with Crippen molar-refractivity contribution in [1.29, 1.82) is 0 Å². The van der Waals surface area contributed by atoms with Gasteiger partial charge in [-0.2, -0.15) is 0 Å². The predicted octanol–water partition coefficient (Wildman–Crippen LogP) is 1.26. The Morgan fingerprint density at radius 1 is 1.26 bits per heavy atom. The van der Waals surface area contributed by atoms with Gasteiger partial charge in [0.2, 0.25) is 0 Å². The quantitative estimate of drug-likeness (QED) is 0.280. The van der Waals surface area contributed by atoms with E-state index < -0.39 is 0 Å². The summed E-state index contributed by atoms with van der Waals surface area (Å²) in [5.41, 5.74) is 0. The molecule has 2 aliphatic heterocycles. The molecule has 23 heavy (non-hydrogen) atoms. The Kier molecular flexibility index (Phi) is 10.4. The van der Waals surface area contributed by atoms with Crippen molar-refractivity contribution in [2.75, 3.05) is 67.2 Å². The van der Waals surface area contributed by atoms with Crippen molar-refractivity contribution in [3.05, 3.63) is 0 Å². The molecule has 1 N–H and O–H groups in total. The summed E-state index contributed by atoms with van der Waals surface area (Å²) in [5.74, 6) is 1.64. The minimum absolute atomic E-state index is 0. The number of halogens is 1. The van der Waals surface area contributed by atoms with Crippen molar-refractivity contribution < 1.29 is 9.47 Å². The van der Waals surface area contributed by atoms with Crippen LogP contribution in [0.5, 0.6) is 0 Å². The molecule has 136 valence electrons. The van der Waals surface area contributed by atoms with Crippen LogP contribution in [0.3, 0.4) is 0 Å². The van der Waals surface area contributed by atoms with Gasteiger partial charge in [-0.05, 0) is 32.9 Å². The van der Waals surface area contributed by atoms with Gasteiger partial charge in [0.15, 0.2) is 5.96 Å². The number of hydrogen-bond donors (Lipinski definition) is 1. The maximum Gasteiger partial charge on any atom is 0.193 e. The number of nitrogens with one attached hydrogen (secondary N) is 1. The molecule has 0 bridgehead atoms. The lowest BCUT2D eigenvalue weighted by Gasteiger charge is -2.25. The molecule has 2 aliphatic rings. The Labute approximate surface area is 158 Å².